The summed E-state index contributed by atoms with van der Waals surface area (Å²) in [4.78, 5) is 13.6. The molecule has 0 spiro atoms. The maximum atomic E-state index is 11.1. The predicted molar refractivity (Wildman–Crippen MR) is 66.0 cm³/mol. The third-order valence-corrected chi connectivity index (χ3v) is 3.75. The SMILES string of the molecule is COC(=O)NC1CCN(CC2CCNCC2)C1. The summed E-state index contributed by atoms with van der Waals surface area (Å²) < 4.78 is 4.62. The summed E-state index contributed by atoms with van der Waals surface area (Å²) in [6.07, 6.45) is 3.30. The van der Waals surface area contributed by atoms with Gasteiger partial charge in [-0.1, -0.05) is 0 Å². The molecule has 17 heavy (non-hydrogen) atoms. The van der Waals surface area contributed by atoms with Crippen LogP contribution in [0.15, 0.2) is 0 Å². The van der Waals surface area contributed by atoms with Crippen molar-refractivity contribution in [2.75, 3.05) is 39.8 Å². The minimum absolute atomic E-state index is 0.268. The van der Waals surface area contributed by atoms with Gasteiger partial charge in [-0.05, 0) is 38.3 Å². The molecule has 5 nitrogen and oxygen atoms in total. The quantitative estimate of drug-likeness (QED) is 0.752. The molecule has 2 heterocycles. The van der Waals surface area contributed by atoms with Crippen LogP contribution in [-0.4, -0.2) is 56.9 Å². The lowest BCUT2D eigenvalue weighted by Crippen LogP contribution is -2.39. The van der Waals surface area contributed by atoms with Crippen LogP contribution in [0.3, 0.4) is 0 Å². The fourth-order valence-electron chi connectivity index (χ4n) is 2.77. The minimum atomic E-state index is -0.307. The Morgan fingerprint density at radius 1 is 1.41 bits per heavy atom. The van der Waals surface area contributed by atoms with E-state index >= 15 is 0 Å². The van der Waals surface area contributed by atoms with Crippen LogP contribution in [0.1, 0.15) is 19.3 Å². The number of alkyl carbamates (subject to hydrolysis) is 1. The van der Waals surface area contributed by atoms with Gasteiger partial charge in [0.25, 0.3) is 0 Å². The van der Waals surface area contributed by atoms with E-state index < -0.39 is 0 Å². The molecule has 0 aromatic carbocycles. The van der Waals surface area contributed by atoms with Gasteiger partial charge in [-0.3, -0.25) is 0 Å². The van der Waals surface area contributed by atoms with Crippen LogP contribution in [0.25, 0.3) is 0 Å². The van der Waals surface area contributed by atoms with Crippen molar-refractivity contribution in [2.24, 2.45) is 5.92 Å². The maximum Gasteiger partial charge on any atom is 0.407 e. The highest BCUT2D eigenvalue weighted by Gasteiger charge is 2.26. The molecule has 0 saturated carbocycles. The van der Waals surface area contributed by atoms with Gasteiger partial charge < -0.3 is 20.3 Å². The van der Waals surface area contributed by atoms with E-state index in [4.69, 9.17) is 0 Å². The van der Waals surface area contributed by atoms with Gasteiger partial charge in [0.1, 0.15) is 0 Å². The average Bonchev–Trinajstić information content (AvgIpc) is 2.77. The summed E-state index contributed by atoms with van der Waals surface area (Å²) >= 11 is 0. The van der Waals surface area contributed by atoms with Crippen molar-refractivity contribution in [3.8, 4) is 0 Å². The molecule has 2 saturated heterocycles. The number of piperidine rings is 1. The van der Waals surface area contributed by atoms with E-state index in [0.29, 0.717) is 0 Å². The largest absolute Gasteiger partial charge is 0.453 e. The first kappa shape index (κ1) is 12.6. The molecule has 1 atom stereocenters. The third-order valence-electron chi connectivity index (χ3n) is 3.75. The van der Waals surface area contributed by atoms with Gasteiger partial charge in [0.15, 0.2) is 0 Å². The zero-order chi connectivity index (χ0) is 12.1. The Morgan fingerprint density at radius 3 is 2.88 bits per heavy atom. The number of nitrogens with zero attached hydrogens (tertiary/aromatic N) is 1. The van der Waals surface area contributed by atoms with Crippen molar-refractivity contribution < 1.29 is 9.53 Å². The van der Waals surface area contributed by atoms with Gasteiger partial charge in [0.05, 0.1) is 7.11 Å². The zero-order valence-electron chi connectivity index (χ0n) is 10.6. The third kappa shape index (κ3) is 3.85. The lowest BCUT2D eigenvalue weighted by Gasteiger charge is -2.27. The molecule has 0 bridgehead atoms. The van der Waals surface area contributed by atoms with E-state index in [1.54, 1.807) is 0 Å². The summed E-state index contributed by atoms with van der Waals surface area (Å²) in [6.45, 7) is 5.56. The van der Waals surface area contributed by atoms with Crippen molar-refractivity contribution in [3.63, 3.8) is 0 Å². The molecule has 2 aliphatic heterocycles. The highest BCUT2D eigenvalue weighted by atomic mass is 16.5. The molecule has 1 amide bonds. The van der Waals surface area contributed by atoms with Gasteiger partial charge in [0, 0.05) is 25.7 Å². The highest BCUT2D eigenvalue weighted by Crippen LogP contribution is 2.17. The minimum Gasteiger partial charge on any atom is -0.453 e. The van der Waals surface area contributed by atoms with Gasteiger partial charge >= 0.3 is 6.09 Å². The van der Waals surface area contributed by atoms with Crippen molar-refractivity contribution in [1.82, 2.24) is 15.5 Å². The molecule has 0 aromatic rings. The molecule has 1 unspecified atom stereocenters. The molecular formula is C12H23N3O2. The maximum absolute atomic E-state index is 11.1. The summed E-state index contributed by atoms with van der Waals surface area (Å²) in [7, 11) is 1.41. The number of amides is 1. The molecule has 0 aromatic heterocycles. The summed E-state index contributed by atoms with van der Waals surface area (Å²) in [5.41, 5.74) is 0. The fraction of sp³-hybridized carbons (Fsp3) is 0.917. The Balaban J connectivity index is 1.68. The number of carbonyl (C=O) groups excluding carboxylic acids is 1. The summed E-state index contributed by atoms with van der Waals surface area (Å²) in [5.74, 6) is 0.827. The standard InChI is InChI=1S/C12H23N3O2/c1-17-12(16)14-11-4-7-15(9-11)8-10-2-5-13-6-3-10/h10-11,13H,2-9H2,1H3,(H,14,16). The normalized spacial score (nSPS) is 27.0. The van der Waals surface area contributed by atoms with Crippen molar-refractivity contribution in [2.45, 2.75) is 25.3 Å². The van der Waals surface area contributed by atoms with Crippen molar-refractivity contribution in [1.29, 1.82) is 0 Å². The topological polar surface area (TPSA) is 53.6 Å². The number of hydrogen-bond donors (Lipinski definition) is 2. The molecule has 0 radical (unpaired) electrons. The Bertz CT molecular complexity index is 254. The molecule has 2 fully saturated rings. The van der Waals surface area contributed by atoms with Crippen LogP contribution < -0.4 is 10.6 Å². The van der Waals surface area contributed by atoms with Crippen LogP contribution in [-0.2, 0) is 4.74 Å². The first-order valence-electron chi connectivity index (χ1n) is 6.55. The lowest BCUT2D eigenvalue weighted by atomic mass is 9.98. The Labute approximate surface area is 103 Å². The van der Waals surface area contributed by atoms with E-state index in [9.17, 15) is 4.79 Å². The monoisotopic (exact) mass is 241 g/mol. The second kappa shape index (κ2) is 6.21. The van der Waals surface area contributed by atoms with Crippen LogP contribution in [0.5, 0.6) is 0 Å². The summed E-state index contributed by atoms with van der Waals surface area (Å²) in [6, 6.07) is 0.268. The molecule has 2 N–H and O–H groups in total. The Hall–Kier alpha value is -0.810. The van der Waals surface area contributed by atoms with E-state index in [-0.39, 0.29) is 12.1 Å². The Kier molecular flexibility index (Phi) is 4.62. The molecular weight excluding hydrogens is 218 g/mol. The van der Waals surface area contributed by atoms with Crippen LogP contribution in [0, 0.1) is 5.92 Å². The van der Waals surface area contributed by atoms with Crippen LogP contribution in [0.2, 0.25) is 0 Å². The van der Waals surface area contributed by atoms with Gasteiger partial charge in [-0.15, -0.1) is 0 Å². The predicted octanol–water partition coefficient (Wildman–Crippen LogP) is 0.416. The number of rotatable bonds is 3. The van der Waals surface area contributed by atoms with Gasteiger partial charge in [0.2, 0.25) is 0 Å². The second-order valence-electron chi connectivity index (χ2n) is 5.07. The number of methoxy groups -OCH3 is 1. The molecule has 2 rings (SSSR count). The first-order chi connectivity index (χ1) is 8.28. The second-order valence-corrected chi connectivity index (χ2v) is 5.07. The smallest absolute Gasteiger partial charge is 0.407 e. The molecule has 5 heteroatoms. The highest BCUT2D eigenvalue weighted by molar-refractivity contribution is 5.67. The van der Waals surface area contributed by atoms with E-state index in [1.165, 1.54) is 26.5 Å². The number of ether oxygens (including phenoxy) is 1. The number of carbonyl (C=O) groups is 1. The number of nitrogens with one attached hydrogen (secondary N) is 2. The molecule has 2 aliphatic rings. The van der Waals surface area contributed by atoms with Gasteiger partial charge in [-0.2, -0.15) is 0 Å². The number of hydrogen-bond acceptors (Lipinski definition) is 4. The fourth-order valence-corrected chi connectivity index (χ4v) is 2.77. The van der Waals surface area contributed by atoms with E-state index in [1.807, 2.05) is 0 Å². The average molecular weight is 241 g/mol. The molecule has 98 valence electrons. The van der Waals surface area contributed by atoms with Crippen LogP contribution in [0.4, 0.5) is 4.79 Å². The van der Waals surface area contributed by atoms with E-state index in [0.717, 1.165) is 38.5 Å². The van der Waals surface area contributed by atoms with Crippen molar-refractivity contribution >= 4 is 6.09 Å². The van der Waals surface area contributed by atoms with E-state index in [2.05, 4.69) is 20.3 Å². The zero-order valence-corrected chi connectivity index (χ0v) is 10.6. The van der Waals surface area contributed by atoms with Gasteiger partial charge in [-0.25, -0.2) is 4.79 Å². The number of likely N-dealkylation sites (tertiary alicyclic amines) is 1. The lowest BCUT2D eigenvalue weighted by molar-refractivity contribution is 0.166. The molecule has 0 aliphatic carbocycles. The Morgan fingerprint density at radius 2 is 2.18 bits per heavy atom. The van der Waals surface area contributed by atoms with Crippen LogP contribution >= 0.6 is 0 Å². The summed E-state index contributed by atoms with van der Waals surface area (Å²) in [5, 5.41) is 6.27. The first-order valence-corrected chi connectivity index (χ1v) is 6.55. The van der Waals surface area contributed by atoms with Crippen molar-refractivity contribution in [3.05, 3.63) is 0 Å².